The van der Waals surface area contributed by atoms with E-state index in [2.05, 4.69) is 0 Å². The van der Waals surface area contributed by atoms with Gasteiger partial charge in [0.15, 0.2) is 0 Å². The van der Waals surface area contributed by atoms with Gasteiger partial charge in [0.1, 0.15) is 5.60 Å². The number of rotatable bonds is 0. The minimum Gasteiger partial charge on any atom is -0.444 e. The molecule has 1 aliphatic rings. The minimum atomic E-state index is -2.87. The van der Waals surface area contributed by atoms with Crippen molar-refractivity contribution in [3.05, 3.63) is 0 Å². The maximum absolute atomic E-state index is 13.1. The van der Waals surface area contributed by atoms with E-state index in [1.54, 1.807) is 20.8 Å². The summed E-state index contributed by atoms with van der Waals surface area (Å²) >= 11 is 0. The average molecular weight is 236 g/mol. The van der Waals surface area contributed by atoms with Gasteiger partial charge in [0.05, 0.1) is 12.7 Å². The van der Waals surface area contributed by atoms with Crippen LogP contribution in [0.1, 0.15) is 33.6 Å². The molecule has 4 nitrogen and oxygen atoms in total. The van der Waals surface area contributed by atoms with Crippen LogP contribution in [0.4, 0.5) is 13.6 Å². The Hall–Kier alpha value is -0.910. The van der Waals surface area contributed by atoms with Gasteiger partial charge >= 0.3 is 6.09 Å². The highest BCUT2D eigenvalue weighted by Gasteiger charge is 2.42. The number of piperidine rings is 1. The van der Waals surface area contributed by atoms with Gasteiger partial charge in [-0.2, -0.15) is 0 Å². The van der Waals surface area contributed by atoms with Crippen LogP contribution in [0, 0.1) is 0 Å². The summed E-state index contributed by atoms with van der Waals surface area (Å²) in [5.74, 6) is -2.87. The summed E-state index contributed by atoms with van der Waals surface area (Å²) in [6.07, 6.45) is -1.66. The molecule has 1 aliphatic heterocycles. The number of hydrogen-bond donors (Lipinski definition) is 1. The van der Waals surface area contributed by atoms with E-state index >= 15 is 0 Å². The summed E-state index contributed by atoms with van der Waals surface area (Å²) in [7, 11) is 0. The highest BCUT2D eigenvalue weighted by Crippen LogP contribution is 2.29. The van der Waals surface area contributed by atoms with Gasteiger partial charge in [0, 0.05) is 6.42 Å². The third kappa shape index (κ3) is 3.59. The molecule has 1 rings (SSSR count). The molecule has 1 atom stereocenters. The Labute approximate surface area is 93.7 Å². The van der Waals surface area contributed by atoms with Crippen LogP contribution in [0.25, 0.3) is 0 Å². The van der Waals surface area contributed by atoms with Crippen LogP contribution in [-0.2, 0) is 4.74 Å². The molecule has 0 aromatic rings. The van der Waals surface area contributed by atoms with Gasteiger partial charge in [-0.3, -0.25) is 4.90 Å². The summed E-state index contributed by atoms with van der Waals surface area (Å²) in [5.41, 5.74) is 4.91. The minimum absolute atomic E-state index is 0.0895. The molecule has 1 amide bonds. The second-order valence-corrected chi connectivity index (χ2v) is 5.07. The fourth-order valence-corrected chi connectivity index (χ4v) is 1.48. The zero-order valence-electron chi connectivity index (χ0n) is 9.80. The lowest BCUT2D eigenvalue weighted by Gasteiger charge is -2.38. The molecule has 0 spiro atoms. The van der Waals surface area contributed by atoms with E-state index in [9.17, 15) is 13.6 Å². The van der Waals surface area contributed by atoms with Crippen LogP contribution >= 0.6 is 0 Å². The molecule has 0 bridgehead atoms. The number of halogens is 2. The predicted molar refractivity (Wildman–Crippen MR) is 55.1 cm³/mol. The zero-order chi connectivity index (χ0) is 12.6. The summed E-state index contributed by atoms with van der Waals surface area (Å²) in [5, 5.41) is 0. The third-order valence-electron chi connectivity index (χ3n) is 2.24. The van der Waals surface area contributed by atoms with Crippen molar-refractivity contribution in [1.82, 2.24) is 4.90 Å². The third-order valence-corrected chi connectivity index (χ3v) is 2.24. The van der Waals surface area contributed by atoms with Gasteiger partial charge in [-0.25, -0.2) is 13.6 Å². The standard InChI is InChI=1S/C10H18F2N2O2/c1-9(2,3)16-8(15)14-6-10(11,12)5-4-7(14)13/h7H,4-6,13H2,1-3H3/t7-/m0/s1. The lowest BCUT2D eigenvalue weighted by atomic mass is 10.1. The van der Waals surface area contributed by atoms with Crippen molar-refractivity contribution in [2.75, 3.05) is 6.54 Å². The number of amides is 1. The first kappa shape index (κ1) is 13.2. The molecule has 1 heterocycles. The van der Waals surface area contributed by atoms with Gasteiger partial charge in [-0.05, 0) is 27.2 Å². The SMILES string of the molecule is CC(C)(C)OC(=O)N1CC(F)(F)CC[C@H]1N. The lowest BCUT2D eigenvalue weighted by molar-refractivity contribution is -0.0844. The average Bonchev–Trinajstić information content (AvgIpc) is 2.06. The van der Waals surface area contributed by atoms with Crippen LogP contribution in [0.15, 0.2) is 0 Å². The van der Waals surface area contributed by atoms with Gasteiger partial charge < -0.3 is 10.5 Å². The van der Waals surface area contributed by atoms with Gasteiger partial charge in [-0.15, -0.1) is 0 Å². The number of ether oxygens (including phenoxy) is 1. The first-order valence-corrected chi connectivity index (χ1v) is 5.24. The van der Waals surface area contributed by atoms with Crippen LogP contribution in [-0.4, -0.2) is 35.2 Å². The highest BCUT2D eigenvalue weighted by molar-refractivity contribution is 5.68. The Morgan fingerprint density at radius 3 is 2.56 bits per heavy atom. The van der Waals surface area contributed by atoms with Crippen molar-refractivity contribution in [2.45, 2.75) is 51.3 Å². The van der Waals surface area contributed by atoms with Gasteiger partial charge in [0.2, 0.25) is 0 Å². The Kier molecular flexibility index (Phi) is 3.42. The maximum Gasteiger partial charge on any atom is 0.411 e. The number of nitrogens with zero attached hydrogens (tertiary/aromatic N) is 1. The van der Waals surface area contributed by atoms with Crippen molar-refractivity contribution in [2.24, 2.45) is 5.73 Å². The molecule has 0 saturated carbocycles. The van der Waals surface area contributed by atoms with E-state index in [4.69, 9.17) is 10.5 Å². The van der Waals surface area contributed by atoms with E-state index in [1.807, 2.05) is 0 Å². The Morgan fingerprint density at radius 2 is 2.06 bits per heavy atom. The largest absolute Gasteiger partial charge is 0.444 e. The molecule has 94 valence electrons. The smallest absolute Gasteiger partial charge is 0.411 e. The number of hydrogen-bond acceptors (Lipinski definition) is 3. The molecule has 1 fully saturated rings. The Morgan fingerprint density at radius 1 is 1.50 bits per heavy atom. The number of likely N-dealkylation sites (tertiary alicyclic amines) is 1. The molecular weight excluding hydrogens is 218 g/mol. The molecule has 16 heavy (non-hydrogen) atoms. The first-order chi connectivity index (χ1) is 7.11. The van der Waals surface area contributed by atoms with Crippen molar-refractivity contribution in [3.63, 3.8) is 0 Å². The van der Waals surface area contributed by atoms with E-state index in [1.165, 1.54) is 0 Å². The highest BCUT2D eigenvalue weighted by atomic mass is 19.3. The van der Waals surface area contributed by atoms with E-state index in [0.717, 1.165) is 4.90 Å². The Bertz CT molecular complexity index is 276. The topological polar surface area (TPSA) is 55.6 Å². The van der Waals surface area contributed by atoms with E-state index < -0.39 is 30.3 Å². The maximum atomic E-state index is 13.1. The van der Waals surface area contributed by atoms with Crippen molar-refractivity contribution in [1.29, 1.82) is 0 Å². The van der Waals surface area contributed by atoms with Gasteiger partial charge in [0.25, 0.3) is 5.92 Å². The number of alkyl halides is 2. The van der Waals surface area contributed by atoms with Gasteiger partial charge in [-0.1, -0.05) is 0 Å². The molecular formula is C10H18F2N2O2. The first-order valence-electron chi connectivity index (χ1n) is 5.24. The fraction of sp³-hybridized carbons (Fsp3) is 0.900. The molecule has 1 saturated heterocycles. The molecule has 0 aliphatic carbocycles. The molecule has 0 aromatic heterocycles. The second kappa shape index (κ2) is 4.16. The fourth-order valence-electron chi connectivity index (χ4n) is 1.48. The summed E-state index contributed by atoms with van der Waals surface area (Å²) in [6, 6.07) is 0. The molecule has 2 N–H and O–H groups in total. The van der Waals surface area contributed by atoms with Crippen molar-refractivity contribution in [3.8, 4) is 0 Å². The van der Waals surface area contributed by atoms with E-state index in [-0.39, 0.29) is 12.8 Å². The molecule has 0 aromatic carbocycles. The second-order valence-electron chi connectivity index (χ2n) is 5.07. The van der Waals surface area contributed by atoms with Crippen LogP contribution < -0.4 is 5.73 Å². The normalized spacial score (nSPS) is 25.4. The zero-order valence-corrected chi connectivity index (χ0v) is 9.80. The van der Waals surface area contributed by atoms with E-state index in [0.29, 0.717) is 0 Å². The molecule has 6 heteroatoms. The number of carbonyl (C=O) groups excluding carboxylic acids is 1. The quantitative estimate of drug-likeness (QED) is 0.699. The molecule has 0 radical (unpaired) electrons. The predicted octanol–water partition coefficient (Wildman–Crippen LogP) is 1.94. The molecule has 0 unspecified atom stereocenters. The van der Waals surface area contributed by atoms with Crippen LogP contribution in [0.5, 0.6) is 0 Å². The number of carbonyl (C=O) groups is 1. The lowest BCUT2D eigenvalue weighted by Crippen LogP contribution is -2.56. The summed E-state index contributed by atoms with van der Waals surface area (Å²) in [4.78, 5) is 12.5. The number of nitrogens with two attached hydrogens (primary N) is 1. The Balaban J connectivity index is 2.67. The van der Waals surface area contributed by atoms with Crippen molar-refractivity contribution < 1.29 is 18.3 Å². The monoisotopic (exact) mass is 236 g/mol. The summed E-state index contributed by atoms with van der Waals surface area (Å²) < 4.78 is 31.2. The summed E-state index contributed by atoms with van der Waals surface area (Å²) in [6.45, 7) is 4.37. The van der Waals surface area contributed by atoms with Crippen LogP contribution in [0.2, 0.25) is 0 Å². The van der Waals surface area contributed by atoms with Crippen molar-refractivity contribution >= 4 is 6.09 Å². The van der Waals surface area contributed by atoms with Crippen LogP contribution in [0.3, 0.4) is 0 Å².